The van der Waals surface area contributed by atoms with Gasteiger partial charge in [0.1, 0.15) is 11.7 Å². The minimum Gasteiger partial charge on any atom is -0.454 e. The van der Waals surface area contributed by atoms with Gasteiger partial charge in [0.2, 0.25) is 5.79 Å². The van der Waals surface area contributed by atoms with E-state index in [1.807, 2.05) is 0 Å². The van der Waals surface area contributed by atoms with Gasteiger partial charge in [-0.1, -0.05) is 33.4 Å². The highest BCUT2D eigenvalue weighted by atomic mass is 16.7. The monoisotopic (exact) mass is 466 g/mol. The first-order chi connectivity index (χ1) is 15.2. The molecule has 0 aromatic heterocycles. The third kappa shape index (κ3) is 4.34. The zero-order valence-corrected chi connectivity index (χ0v) is 20.0. The lowest BCUT2D eigenvalue weighted by molar-refractivity contribution is -0.286. The minimum absolute atomic E-state index is 0.00881. The molecule has 3 fully saturated rings. The number of fused-ring (bicyclic) bond motifs is 3. The summed E-state index contributed by atoms with van der Waals surface area (Å²) in [6, 6.07) is 0. The van der Waals surface area contributed by atoms with Crippen LogP contribution in [0.4, 0.5) is 0 Å². The summed E-state index contributed by atoms with van der Waals surface area (Å²) >= 11 is 0. The van der Waals surface area contributed by atoms with Crippen molar-refractivity contribution >= 4 is 17.9 Å². The van der Waals surface area contributed by atoms with Crippen molar-refractivity contribution in [3.05, 3.63) is 23.8 Å². The molecule has 0 aromatic carbocycles. The molecule has 0 amide bonds. The van der Waals surface area contributed by atoms with Gasteiger partial charge in [0, 0.05) is 23.5 Å². The molecule has 0 spiro atoms. The van der Waals surface area contributed by atoms with E-state index < -0.39 is 71.5 Å². The lowest BCUT2D eigenvalue weighted by Crippen LogP contribution is -2.58. The normalized spacial score (nSPS) is 41.1. The van der Waals surface area contributed by atoms with Crippen LogP contribution in [0.5, 0.6) is 0 Å². The van der Waals surface area contributed by atoms with Crippen molar-refractivity contribution in [1.29, 1.82) is 0 Å². The Morgan fingerprint density at radius 1 is 1.33 bits per heavy atom. The SMILES string of the molecule is C=C1C(=O)O[C@@H]2[C@@H]1[C@H](O)[C@]1(OC(=O)C(C)C)O[C@@H](C[C@@H]1C)C[C@@](C)(O)[C@H]2OC(=O)/C(C)=C\C. The van der Waals surface area contributed by atoms with Crippen molar-refractivity contribution in [2.75, 3.05) is 0 Å². The van der Waals surface area contributed by atoms with Crippen molar-refractivity contribution in [3.8, 4) is 0 Å². The number of esters is 3. The van der Waals surface area contributed by atoms with Crippen LogP contribution in [0, 0.1) is 17.8 Å². The van der Waals surface area contributed by atoms with Crippen molar-refractivity contribution < 1.29 is 43.5 Å². The summed E-state index contributed by atoms with van der Waals surface area (Å²) in [5, 5.41) is 23.0. The molecule has 3 saturated heterocycles. The van der Waals surface area contributed by atoms with E-state index in [2.05, 4.69) is 6.58 Å². The fourth-order valence-electron chi connectivity index (χ4n) is 4.86. The fourth-order valence-corrected chi connectivity index (χ4v) is 4.86. The van der Waals surface area contributed by atoms with Gasteiger partial charge in [-0.15, -0.1) is 0 Å². The van der Waals surface area contributed by atoms with Gasteiger partial charge in [-0.3, -0.25) is 4.79 Å². The first-order valence-electron chi connectivity index (χ1n) is 11.3. The van der Waals surface area contributed by atoms with Crippen LogP contribution >= 0.6 is 0 Å². The van der Waals surface area contributed by atoms with E-state index in [0.29, 0.717) is 12.0 Å². The van der Waals surface area contributed by atoms with Crippen LogP contribution in [0.1, 0.15) is 54.4 Å². The summed E-state index contributed by atoms with van der Waals surface area (Å²) in [5.41, 5.74) is -1.46. The molecule has 2 N–H and O–H groups in total. The average molecular weight is 467 g/mol. The number of hydrogen-bond acceptors (Lipinski definition) is 9. The first-order valence-corrected chi connectivity index (χ1v) is 11.3. The molecule has 0 aliphatic carbocycles. The molecule has 0 aromatic rings. The largest absolute Gasteiger partial charge is 0.454 e. The van der Waals surface area contributed by atoms with Gasteiger partial charge in [0.15, 0.2) is 12.2 Å². The molecule has 2 bridgehead atoms. The van der Waals surface area contributed by atoms with Gasteiger partial charge >= 0.3 is 17.9 Å². The molecule has 8 atom stereocenters. The van der Waals surface area contributed by atoms with Crippen molar-refractivity contribution in [3.63, 3.8) is 0 Å². The number of ether oxygens (including phenoxy) is 4. The Hall–Kier alpha value is -2.23. The highest BCUT2D eigenvalue weighted by Gasteiger charge is 2.65. The molecule has 0 saturated carbocycles. The molecule has 9 nitrogen and oxygen atoms in total. The van der Waals surface area contributed by atoms with E-state index >= 15 is 0 Å². The Balaban J connectivity index is 2.12. The van der Waals surface area contributed by atoms with Gasteiger partial charge in [-0.25, -0.2) is 9.59 Å². The van der Waals surface area contributed by atoms with E-state index in [1.165, 1.54) is 6.92 Å². The third-order valence-electron chi connectivity index (χ3n) is 6.94. The predicted molar refractivity (Wildman–Crippen MR) is 115 cm³/mol. The summed E-state index contributed by atoms with van der Waals surface area (Å²) in [6.07, 6.45) is -2.83. The summed E-state index contributed by atoms with van der Waals surface area (Å²) in [6.45, 7) is 13.6. The molecule has 3 aliphatic heterocycles. The average Bonchev–Trinajstić information content (AvgIpc) is 3.19. The predicted octanol–water partition coefficient (Wildman–Crippen LogP) is 1.80. The van der Waals surface area contributed by atoms with Crippen LogP contribution in [-0.4, -0.2) is 63.9 Å². The third-order valence-corrected chi connectivity index (χ3v) is 6.94. The first kappa shape index (κ1) is 25.4. The molecule has 33 heavy (non-hydrogen) atoms. The molecule has 3 rings (SSSR count). The zero-order chi connectivity index (χ0) is 24.9. The number of aliphatic hydroxyl groups excluding tert-OH is 1. The van der Waals surface area contributed by atoms with E-state index in [4.69, 9.17) is 18.9 Å². The maximum atomic E-state index is 12.6. The molecule has 3 heterocycles. The standard InChI is InChI=1S/C24H34O9/c1-8-12(4)21(27)31-19-17-16(14(6)22(28)30-17)18(25)24(33-20(26)11(2)3)13(5)9-15(32-24)10-23(19,7)29/h8,11,13,15-19,25,29H,6,9-10H2,1-5,7H3/b12-8-/t13-,15-,16+,17+,18-,19-,23+,24-/m0/s1. The Morgan fingerprint density at radius 2 is 1.97 bits per heavy atom. The van der Waals surface area contributed by atoms with Crippen LogP contribution in [-0.2, 0) is 33.3 Å². The van der Waals surface area contributed by atoms with Crippen molar-refractivity contribution in [2.45, 2.75) is 90.2 Å². The molecule has 9 heteroatoms. The van der Waals surface area contributed by atoms with Gasteiger partial charge in [-0.2, -0.15) is 0 Å². The van der Waals surface area contributed by atoms with Crippen LogP contribution in [0.15, 0.2) is 23.8 Å². The van der Waals surface area contributed by atoms with Crippen LogP contribution in [0.2, 0.25) is 0 Å². The highest BCUT2D eigenvalue weighted by Crippen LogP contribution is 2.50. The number of aliphatic hydroxyl groups is 2. The van der Waals surface area contributed by atoms with Gasteiger partial charge in [0.05, 0.1) is 17.9 Å². The summed E-state index contributed by atoms with van der Waals surface area (Å²) in [5.74, 6) is -5.93. The molecule has 0 unspecified atom stereocenters. The maximum Gasteiger partial charge on any atom is 0.334 e. The topological polar surface area (TPSA) is 129 Å². The van der Waals surface area contributed by atoms with E-state index in [9.17, 15) is 24.6 Å². The molecular weight excluding hydrogens is 432 g/mol. The Morgan fingerprint density at radius 3 is 2.55 bits per heavy atom. The van der Waals surface area contributed by atoms with Gasteiger partial charge in [0.25, 0.3) is 0 Å². The maximum absolute atomic E-state index is 12.6. The Bertz CT molecular complexity index is 873. The van der Waals surface area contributed by atoms with E-state index in [-0.39, 0.29) is 12.0 Å². The second-order valence-corrected chi connectivity index (χ2v) is 9.90. The number of carbonyl (C=O) groups excluding carboxylic acids is 3. The molecule has 3 aliphatic rings. The summed E-state index contributed by atoms with van der Waals surface area (Å²) < 4.78 is 23.0. The summed E-state index contributed by atoms with van der Waals surface area (Å²) in [7, 11) is 0. The van der Waals surface area contributed by atoms with Crippen LogP contribution in [0.25, 0.3) is 0 Å². The molecular formula is C24H34O9. The quantitative estimate of drug-likeness (QED) is 0.362. The lowest BCUT2D eigenvalue weighted by atomic mass is 9.75. The number of rotatable bonds is 4. The lowest BCUT2D eigenvalue weighted by Gasteiger charge is -2.41. The molecule has 184 valence electrons. The zero-order valence-electron chi connectivity index (χ0n) is 20.0. The Labute approximate surface area is 193 Å². The number of hydrogen-bond donors (Lipinski definition) is 2. The van der Waals surface area contributed by atoms with Crippen LogP contribution < -0.4 is 0 Å². The van der Waals surface area contributed by atoms with Gasteiger partial charge in [-0.05, 0) is 27.2 Å². The fraction of sp³-hybridized carbons (Fsp3) is 0.708. The van der Waals surface area contributed by atoms with Crippen molar-refractivity contribution in [2.24, 2.45) is 17.8 Å². The smallest absolute Gasteiger partial charge is 0.334 e. The number of carbonyl (C=O) groups is 3. The second-order valence-electron chi connectivity index (χ2n) is 9.90. The second kappa shape index (κ2) is 8.85. The van der Waals surface area contributed by atoms with E-state index in [0.717, 1.165) is 0 Å². The number of allylic oxidation sites excluding steroid dienone is 1. The Kier molecular flexibility index (Phi) is 6.81. The van der Waals surface area contributed by atoms with Gasteiger partial charge < -0.3 is 29.2 Å². The highest BCUT2D eigenvalue weighted by molar-refractivity contribution is 5.91. The van der Waals surface area contributed by atoms with Crippen molar-refractivity contribution in [1.82, 2.24) is 0 Å². The molecule has 0 radical (unpaired) electrons. The van der Waals surface area contributed by atoms with E-state index in [1.54, 1.807) is 40.7 Å². The summed E-state index contributed by atoms with van der Waals surface area (Å²) in [4.78, 5) is 37.7. The minimum atomic E-state index is -1.78. The van der Waals surface area contributed by atoms with Crippen LogP contribution in [0.3, 0.4) is 0 Å².